The highest BCUT2D eigenvalue weighted by atomic mass is 35.5. The van der Waals surface area contributed by atoms with E-state index in [1.165, 1.54) is 0 Å². The molecule has 1 amide bonds. The first kappa shape index (κ1) is 16.1. The fourth-order valence-electron chi connectivity index (χ4n) is 1.70. The Morgan fingerprint density at radius 1 is 1.50 bits per heavy atom. The van der Waals surface area contributed by atoms with Crippen molar-refractivity contribution in [2.45, 2.75) is 18.9 Å². The van der Waals surface area contributed by atoms with Crippen molar-refractivity contribution in [1.29, 1.82) is 0 Å². The molecule has 20 heavy (non-hydrogen) atoms. The summed E-state index contributed by atoms with van der Waals surface area (Å²) in [6.07, 6.45) is 2.87. The van der Waals surface area contributed by atoms with Gasteiger partial charge in [-0.1, -0.05) is 0 Å². The fourth-order valence-corrected chi connectivity index (χ4v) is 1.70. The zero-order chi connectivity index (χ0) is 13.9. The van der Waals surface area contributed by atoms with Gasteiger partial charge in [0.2, 0.25) is 5.60 Å². The molecule has 0 aliphatic carbocycles. The van der Waals surface area contributed by atoms with Gasteiger partial charge >= 0.3 is 5.97 Å². The molecule has 108 valence electrons. The number of amides is 1. The summed E-state index contributed by atoms with van der Waals surface area (Å²) in [6.45, 7) is 1.68. The van der Waals surface area contributed by atoms with Crippen LogP contribution in [0, 0.1) is 0 Å². The van der Waals surface area contributed by atoms with E-state index in [2.05, 4.69) is 15.5 Å². The number of pyridine rings is 1. The van der Waals surface area contributed by atoms with E-state index in [-0.39, 0.29) is 25.4 Å². The van der Waals surface area contributed by atoms with E-state index in [1.807, 2.05) is 0 Å². The molecule has 0 saturated heterocycles. The van der Waals surface area contributed by atoms with Crippen LogP contribution in [-0.2, 0) is 14.3 Å². The number of aromatic nitrogens is 1. The molecule has 1 aliphatic heterocycles. The Bertz CT molecular complexity index is 535. The molecule has 1 aromatic rings. The van der Waals surface area contributed by atoms with E-state index in [0.29, 0.717) is 11.3 Å². The van der Waals surface area contributed by atoms with Crippen LogP contribution < -0.4 is 5.43 Å². The number of halogens is 1. The van der Waals surface area contributed by atoms with Crippen LogP contribution in [0.1, 0.15) is 18.9 Å². The summed E-state index contributed by atoms with van der Waals surface area (Å²) in [4.78, 5) is 27.2. The summed E-state index contributed by atoms with van der Waals surface area (Å²) in [6, 6.07) is 3.34. The van der Waals surface area contributed by atoms with E-state index in [9.17, 15) is 14.7 Å². The smallest absolute Gasteiger partial charge is 0.348 e. The molecule has 1 aromatic heterocycles. The Morgan fingerprint density at radius 3 is 2.75 bits per heavy atom. The van der Waals surface area contributed by atoms with E-state index in [4.69, 9.17) is 4.74 Å². The lowest BCUT2D eigenvalue weighted by molar-refractivity contribution is -0.171. The number of nitrogens with zero attached hydrogens (tertiary/aromatic N) is 2. The summed E-state index contributed by atoms with van der Waals surface area (Å²) in [5.74, 6) is -1.86. The zero-order valence-corrected chi connectivity index (χ0v) is 11.5. The van der Waals surface area contributed by atoms with Crippen LogP contribution in [0.3, 0.4) is 0 Å². The van der Waals surface area contributed by atoms with Gasteiger partial charge < -0.3 is 9.84 Å². The van der Waals surface area contributed by atoms with Crippen molar-refractivity contribution < 1.29 is 19.4 Å². The van der Waals surface area contributed by atoms with Crippen molar-refractivity contribution in [2.75, 3.05) is 6.61 Å². The van der Waals surface area contributed by atoms with Crippen LogP contribution in [0.2, 0.25) is 0 Å². The van der Waals surface area contributed by atoms with Crippen molar-refractivity contribution in [3.63, 3.8) is 0 Å². The van der Waals surface area contributed by atoms with Gasteiger partial charge in [-0.15, -0.1) is 12.4 Å². The summed E-state index contributed by atoms with van der Waals surface area (Å²) in [5, 5.41) is 14.0. The lowest BCUT2D eigenvalue weighted by Crippen LogP contribution is -2.56. The molecule has 0 spiro atoms. The van der Waals surface area contributed by atoms with Crippen LogP contribution in [-0.4, -0.2) is 39.9 Å². The number of esters is 1. The van der Waals surface area contributed by atoms with Crippen LogP contribution in [0.4, 0.5) is 0 Å². The van der Waals surface area contributed by atoms with Gasteiger partial charge in [-0.2, -0.15) is 5.10 Å². The molecule has 2 rings (SSSR count). The first-order chi connectivity index (χ1) is 9.08. The van der Waals surface area contributed by atoms with Crippen molar-refractivity contribution in [3.8, 4) is 0 Å². The zero-order valence-electron chi connectivity index (χ0n) is 10.7. The topological polar surface area (TPSA) is 101 Å². The van der Waals surface area contributed by atoms with Gasteiger partial charge in [-0.3, -0.25) is 9.78 Å². The Hall–Kier alpha value is -1.99. The van der Waals surface area contributed by atoms with Crippen LogP contribution >= 0.6 is 12.4 Å². The molecule has 2 N–H and O–H groups in total. The Balaban J connectivity index is 0.00000200. The highest BCUT2D eigenvalue weighted by Gasteiger charge is 2.49. The minimum Gasteiger partial charge on any atom is -0.463 e. The number of hydrogen-bond donors (Lipinski definition) is 2. The maximum Gasteiger partial charge on any atom is 0.348 e. The quantitative estimate of drug-likeness (QED) is 0.605. The second-order valence-corrected chi connectivity index (χ2v) is 3.99. The van der Waals surface area contributed by atoms with E-state index in [0.717, 1.165) is 0 Å². The Morgan fingerprint density at radius 2 is 2.15 bits per heavy atom. The average molecular weight is 300 g/mol. The van der Waals surface area contributed by atoms with Crippen molar-refractivity contribution >= 4 is 30.0 Å². The summed E-state index contributed by atoms with van der Waals surface area (Å²) >= 11 is 0. The van der Waals surface area contributed by atoms with Gasteiger partial charge in [0.1, 0.15) is 0 Å². The second kappa shape index (κ2) is 6.44. The average Bonchev–Trinajstić information content (AvgIpc) is 2.43. The van der Waals surface area contributed by atoms with E-state index >= 15 is 0 Å². The fraction of sp³-hybridized carbons (Fsp3) is 0.333. The Labute approximate surface area is 121 Å². The molecule has 2 heterocycles. The van der Waals surface area contributed by atoms with Crippen molar-refractivity contribution in [3.05, 3.63) is 30.1 Å². The van der Waals surface area contributed by atoms with Crippen LogP contribution in [0.25, 0.3) is 0 Å². The standard InChI is InChI=1S/C12H13N3O4.ClH/c1-2-19-11(17)12(18)7-9(14-15-10(12)16)8-3-5-13-6-4-8;/h3-6,18H,2,7H2,1H3,(H,15,16);1H. The van der Waals surface area contributed by atoms with Gasteiger partial charge in [0.15, 0.2) is 0 Å². The maximum atomic E-state index is 11.7. The number of aliphatic hydroxyl groups is 1. The molecular weight excluding hydrogens is 286 g/mol. The highest BCUT2D eigenvalue weighted by molar-refractivity contribution is 6.15. The normalized spacial score (nSPS) is 21.3. The molecule has 0 bridgehead atoms. The predicted molar refractivity (Wildman–Crippen MR) is 72.4 cm³/mol. The number of carbonyl (C=O) groups is 2. The predicted octanol–water partition coefficient (Wildman–Crippen LogP) is 0.0216. The number of ether oxygens (including phenoxy) is 1. The lowest BCUT2D eigenvalue weighted by atomic mass is 9.91. The Kier molecular flexibility index (Phi) is 5.18. The molecule has 0 aromatic carbocycles. The number of hydrazone groups is 1. The molecule has 0 saturated carbocycles. The first-order valence-corrected chi connectivity index (χ1v) is 5.75. The molecule has 1 unspecified atom stereocenters. The van der Waals surface area contributed by atoms with Crippen LogP contribution in [0.5, 0.6) is 0 Å². The molecule has 1 atom stereocenters. The summed E-state index contributed by atoms with van der Waals surface area (Å²) in [7, 11) is 0. The van der Waals surface area contributed by atoms with Gasteiger partial charge in [0.25, 0.3) is 5.91 Å². The van der Waals surface area contributed by atoms with Gasteiger partial charge in [-0.25, -0.2) is 10.2 Å². The van der Waals surface area contributed by atoms with Crippen molar-refractivity contribution in [2.24, 2.45) is 5.10 Å². The SMILES string of the molecule is CCOC(=O)C1(O)CC(c2ccncc2)=NNC1=O.Cl. The molecule has 0 fully saturated rings. The molecule has 0 radical (unpaired) electrons. The lowest BCUT2D eigenvalue weighted by Gasteiger charge is -2.27. The van der Waals surface area contributed by atoms with Crippen molar-refractivity contribution in [1.82, 2.24) is 10.4 Å². The number of nitrogens with one attached hydrogen (secondary N) is 1. The summed E-state index contributed by atoms with van der Waals surface area (Å²) in [5.41, 5.74) is 0.950. The van der Waals surface area contributed by atoms with Gasteiger partial charge in [0, 0.05) is 24.4 Å². The van der Waals surface area contributed by atoms with Crippen LogP contribution in [0.15, 0.2) is 29.6 Å². The number of rotatable bonds is 3. The number of hydrogen-bond acceptors (Lipinski definition) is 6. The third-order valence-corrected chi connectivity index (χ3v) is 2.72. The van der Waals surface area contributed by atoms with Gasteiger partial charge in [0.05, 0.1) is 12.3 Å². The largest absolute Gasteiger partial charge is 0.463 e. The minimum atomic E-state index is -2.24. The van der Waals surface area contributed by atoms with E-state index < -0.39 is 17.5 Å². The third kappa shape index (κ3) is 2.94. The number of carbonyl (C=O) groups excluding carboxylic acids is 2. The highest BCUT2D eigenvalue weighted by Crippen LogP contribution is 2.21. The maximum absolute atomic E-state index is 11.7. The summed E-state index contributed by atoms with van der Waals surface area (Å²) < 4.78 is 4.72. The third-order valence-electron chi connectivity index (χ3n) is 2.72. The second-order valence-electron chi connectivity index (χ2n) is 3.99. The molecule has 8 heteroatoms. The van der Waals surface area contributed by atoms with Gasteiger partial charge in [-0.05, 0) is 19.1 Å². The first-order valence-electron chi connectivity index (χ1n) is 5.75. The van der Waals surface area contributed by atoms with E-state index in [1.54, 1.807) is 31.5 Å². The molecule has 7 nitrogen and oxygen atoms in total. The minimum absolute atomic E-state index is 0. The molecular formula is C12H14ClN3O4. The monoisotopic (exact) mass is 299 g/mol. The molecule has 1 aliphatic rings.